The number of nitrogen functional groups attached to an aromatic ring is 1. The number of nitrogens with two attached hydrogens (primary N) is 1. The van der Waals surface area contributed by atoms with Gasteiger partial charge in [0.2, 0.25) is 0 Å². The van der Waals surface area contributed by atoms with Crippen LogP contribution in [0.5, 0.6) is 0 Å². The second-order valence-electron chi connectivity index (χ2n) is 5.55. The standard InChI is InChI=1S/C15H19BrN4/c1-20-5-4-10(9-20)7-18-14-3-2-13(17)12-6-11(16)8-19-15(12)14/h2-3,6,8,10,18H,4-5,7,9,17H2,1H3. The van der Waals surface area contributed by atoms with Gasteiger partial charge in [0, 0.05) is 34.8 Å². The van der Waals surface area contributed by atoms with Gasteiger partial charge in [-0.1, -0.05) is 0 Å². The largest absolute Gasteiger partial charge is 0.398 e. The summed E-state index contributed by atoms with van der Waals surface area (Å²) in [6.45, 7) is 3.35. The summed E-state index contributed by atoms with van der Waals surface area (Å²) in [6, 6.07) is 5.99. The Morgan fingerprint density at radius 3 is 3.10 bits per heavy atom. The zero-order chi connectivity index (χ0) is 14.1. The van der Waals surface area contributed by atoms with Crippen LogP contribution in [0.4, 0.5) is 11.4 Å². The molecule has 4 nitrogen and oxygen atoms in total. The Bertz CT molecular complexity index is 629. The minimum absolute atomic E-state index is 0.711. The normalized spacial score (nSPS) is 19.6. The lowest BCUT2D eigenvalue weighted by atomic mass is 10.1. The number of nitrogens with zero attached hydrogens (tertiary/aromatic N) is 2. The molecule has 3 rings (SSSR count). The number of hydrogen-bond donors (Lipinski definition) is 2. The molecule has 1 aromatic heterocycles. The topological polar surface area (TPSA) is 54.2 Å². The zero-order valence-corrected chi connectivity index (χ0v) is 13.2. The van der Waals surface area contributed by atoms with E-state index in [0.29, 0.717) is 5.92 Å². The van der Waals surface area contributed by atoms with Crippen molar-refractivity contribution in [2.24, 2.45) is 5.92 Å². The van der Waals surface area contributed by atoms with E-state index in [9.17, 15) is 0 Å². The van der Waals surface area contributed by atoms with Gasteiger partial charge in [0.15, 0.2) is 0 Å². The number of pyridine rings is 1. The minimum atomic E-state index is 0.711. The first kappa shape index (κ1) is 13.6. The van der Waals surface area contributed by atoms with E-state index in [2.05, 4.69) is 38.2 Å². The molecule has 0 saturated carbocycles. The Hall–Kier alpha value is -1.33. The molecule has 1 saturated heterocycles. The van der Waals surface area contributed by atoms with Crippen LogP contribution in [-0.2, 0) is 0 Å². The highest BCUT2D eigenvalue weighted by molar-refractivity contribution is 9.10. The number of likely N-dealkylation sites (tertiary alicyclic amines) is 1. The van der Waals surface area contributed by atoms with Crippen molar-refractivity contribution < 1.29 is 0 Å². The van der Waals surface area contributed by atoms with E-state index < -0.39 is 0 Å². The molecule has 0 bridgehead atoms. The summed E-state index contributed by atoms with van der Waals surface area (Å²) in [7, 11) is 2.18. The first-order chi connectivity index (χ1) is 9.63. The van der Waals surface area contributed by atoms with E-state index in [0.717, 1.165) is 33.3 Å². The van der Waals surface area contributed by atoms with E-state index in [-0.39, 0.29) is 0 Å². The van der Waals surface area contributed by atoms with Gasteiger partial charge in [-0.2, -0.15) is 0 Å². The van der Waals surface area contributed by atoms with Gasteiger partial charge in [0.1, 0.15) is 0 Å². The van der Waals surface area contributed by atoms with Crippen molar-refractivity contribution in [1.29, 1.82) is 0 Å². The first-order valence-corrected chi connectivity index (χ1v) is 7.69. The third-order valence-corrected chi connectivity index (χ3v) is 4.35. The molecule has 0 amide bonds. The summed E-state index contributed by atoms with van der Waals surface area (Å²) in [5.74, 6) is 0.711. The Morgan fingerprint density at radius 2 is 2.35 bits per heavy atom. The quantitative estimate of drug-likeness (QED) is 0.847. The molecule has 2 aromatic rings. The summed E-state index contributed by atoms with van der Waals surface area (Å²) in [5.41, 5.74) is 8.81. The summed E-state index contributed by atoms with van der Waals surface area (Å²) >= 11 is 3.45. The van der Waals surface area contributed by atoms with Crippen LogP contribution in [-0.4, -0.2) is 36.6 Å². The Balaban J connectivity index is 1.83. The predicted octanol–water partition coefficient (Wildman–Crippen LogP) is 2.94. The van der Waals surface area contributed by atoms with Gasteiger partial charge in [-0.25, -0.2) is 0 Å². The van der Waals surface area contributed by atoms with Crippen molar-refractivity contribution in [3.8, 4) is 0 Å². The number of rotatable bonds is 3. The van der Waals surface area contributed by atoms with E-state index in [1.807, 2.05) is 24.4 Å². The van der Waals surface area contributed by atoms with Crippen LogP contribution in [0, 0.1) is 5.92 Å². The number of aromatic nitrogens is 1. The lowest BCUT2D eigenvalue weighted by Crippen LogP contribution is -2.19. The van der Waals surface area contributed by atoms with Crippen molar-refractivity contribution in [2.45, 2.75) is 6.42 Å². The molecule has 1 fully saturated rings. The SMILES string of the molecule is CN1CCC(CNc2ccc(N)c3cc(Br)cnc23)C1. The maximum absolute atomic E-state index is 6.04. The van der Waals surface area contributed by atoms with Crippen LogP contribution in [0.25, 0.3) is 10.9 Å². The fourth-order valence-electron chi connectivity index (χ4n) is 2.81. The van der Waals surface area contributed by atoms with Gasteiger partial charge in [0.25, 0.3) is 0 Å². The number of anilines is 2. The van der Waals surface area contributed by atoms with Crippen molar-refractivity contribution in [3.05, 3.63) is 28.9 Å². The molecule has 1 unspecified atom stereocenters. The number of nitrogens with one attached hydrogen (secondary N) is 1. The number of benzene rings is 1. The summed E-state index contributed by atoms with van der Waals surface area (Å²) in [4.78, 5) is 6.88. The highest BCUT2D eigenvalue weighted by Crippen LogP contribution is 2.29. The maximum Gasteiger partial charge on any atom is 0.0954 e. The highest BCUT2D eigenvalue weighted by atomic mass is 79.9. The molecular formula is C15H19BrN4. The number of fused-ring (bicyclic) bond motifs is 1. The molecular weight excluding hydrogens is 316 g/mol. The summed E-state index contributed by atoms with van der Waals surface area (Å²) < 4.78 is 0.950. The third-order valence-electron chi connectivity index (χ3n) is 3.92. The maximum atomic E-state index is 6.04. The summed E-state index contributed by atoms with van der Waals surface area (Å²) in [5, 5.41) is 4.53. The average molecular weight is 335 g/mol. The van der Waals surface area contributed by atoms with Gasteiger partial charge < -0.3 is 16.0 Å². The van der Waals surface area contributed by atoms with E-state index in [1.165, 1.54) is 19.5 Å². The van der Waals surface area contributed by atoms with Gasteiger partial charge in [0.05, 0.1) is 11.2 Å². The highest BCUT2D eigenvalue weighted by Gasteiger charge is 2.19. The van der Waals surface area contributed by atoms with Crippen molar-refractivity contribution in [1.82, 2.24) is 9.88 Å². The van der Waals surface area contributed by atoms with Crippen LogP contribution in [0.15, 0.2) is 28.9 Å². The second kappa shape index (κ2) is 5.58. The summed E-state index contributed by atoms with van der Waals surface area (Å²) in [6.07, 6.45) is 3.08. The van der Waals surface area contributed by atoms with E-state index in [1.54, 1.807) is 0 Å². The Morgan fingerprint density at radius 1 is 1.50 bits per heavy atom. The van der Waals surface area contributed by atoms with Crippen LogP contribution >= 0.6 is 15.9 Å². The molecule has 3 N–H and O–H groups in total. The van der Waals surface area contributed by atoms with E-state index >= 15 is 0 Å². The van der Waals surface area contributed by atoms with Gasteiger partial charge in [-0.05, 0) is 60.1 Å². The van der Waals surface area contributed by atoms with Crippen molar-refractivity contribution in [3.63, 3.8) is 0 Å². The zero-order valence-electron chi connectivity index (χ0n) is 11.6. The fraction of sp³-hybridized carbons (Fsp3) is 0.400. The molecule has 1 aromatic carbocycles. The molecule has 0 spiro atoms. The van der Waals surface area contributed by atoms with Crippen LogP contribution in [0.3, 0.4) is 0 Å². The molecule has 5 heteroatoms. The Labute approximate surface area is 127 Å². The van der Waals surface area contributed by atoms with Gasteiger partial charge in [-0.3, -0.25) is 4.98 Å². The Kier molecular flexibility index (Phi) is 3.81. The molecule has 106 valence electrons. The second-order valence-corrected chi connectivity index (χ2v) is 6.47. The number of halogens is 1. The third kappa shape index (κ3) is 2.74. The first-order valence-electron chi connectivity index (χ1n) is 6.89. The van der Waals surface area contributed by atoms with E-state index in [4.69, 9.17) is 5.73 Å². The molecule has 0 radical (unpaired) electrons. The molecule has 2 heterocycles. The predicted molar refractivity (Wildman–Crippen MR) is 87.9 cm³/mol. The van der Waals surface area contributed by atoms with Crippen LogP contribution in [0.1, 0.15) is 6.42 Å². The van der Waals surface area contributed by atoms with Crippen molar-refractivity contribution >= 4 is 38.2 Å². The lowest BCUT2D eigenvalue weighted by molar-refractivity contribution is 0.399. The smallest absolute Gasteiger partial charge is 0.0954 e. The molecule has 1 atom stereocenters. The molecule has 1 aliphatic rings. The van der Waals surface area contributed by atoms with Crippen molar-refractivity contribution in [2.75, 3.05) is 37.7 Å². The lowest BCUT2D eigenvalue weighted by Gasteiger charge is -2.14. The molecule has 20 heavy (non-hydrogen) atoms. The fourth-order valence-corrected chi connectivity index (χ4v) is 3.14. The molecule has 0 aliphatic carbocycles. The van der Waals surface area contributed by atoms with Gasteiger partial charge in [-0.15, -0.1) is 0 Å². The molecule has 1 aliphatic heterocycles. The number of hydrogen-bond acceptors (Lipinski definition) is 4. The average Bonchev–Trinajstić information content (AvgIpc) is 2.84. The monoisotopic (exact) mass is 334 g/mol. The van der Waals surface area contributed by atoms with Gasteiger partial charge >= 0.3 is 0 Å². The van der Waals surface area contributed by atoms with Crippen LogP contribution < -0.4 is 11.1 Å². The minimum Gasteiger partial charge on any atom is -0.398 e. The van der Waals surface area contributed by atoms with Crippen LogP contribution in [0.2, 0.25) is 0 Å².